The second kappa shape index (κ2) is 7.07. The second-order valence-electron chi connectivity index (χ2n) is 5.97. The van der Waals surface area contributed by atoms with Gasteiger partial charge in [0.2, 0.25) is 5.91 Å². The number of nitrogens with zero attached hydrogens (tertiary/aromatic N) is 2. The van der Waals surface area contributed by atoms with Crippen LogP contribution in [0, 0.1) is 0 Å². The lowest BCUT2D eigenvalue weighted by molar-refractivity contribution is -0.143. The van der Waals surface area contributed by atoms with Crippen molar-refractivity contribution in [3.8, 4) is 0 Å². The first-order chi connectivity index (χ1) is 9.29. The monoisotopic (exact) mass is 284 g/mol. The molecule has 1 amide bonds. The van der Waals surface area contributed by atoms with E-state index >= 15 is 0 Å². The number of carboxylic acids is 1. The highest BCUT2D eigenvalue weighted by molar-refractivity contribution is 5.82. The maximum Gasteiger partial charge on any atom is 0.305 e. The first-order valence-electron chi connectivity index (χ1n) is 7.59. The molecule has 0 aromatic heterocycles. The number of hydrogen-bond acceptors (Lipinski definition) is 3. The van der Waals surface area contributed by atoms with Gasteiger partial charge in [-0.25, -0.2) is 0 Å². The first-order valence-corrected chi connectivity index (χ1v) is 7.59. The lowest BCUT2D eigenvalue weighted by Crippen LogP contribution is -2.52. The SMILES string of the molecule is CCN(C(=O)C(C)N1C(C)CCC1C)C(C)CC(=O)O. The number of carbonyl (C=O) groups excluding carboxylic acids is 1. The summed E-state index contributed by atoms with van der Waals surface area (Å²) in [7, 11) is 0. The third kappa shape index (κ3) is 3.72. The molecule has 5 heteroatoms. The van der Waals surface area contributed by atoms with E-state index in [0.29, 0.717) is 18.6 Å². The third-order valence-corrected chi connectivity index (χ3v) is 4.45. The molecule has 1 fully saturated rings. The Morgan fingerprint density at radius 2 is 1.75 bits per heavy atom. The van der Waals surface area contributed by atoms with E-state index < -0.39 is 5.97 Å². The van der Waals surface area contributed by atoms with Crippen LogP contribution in [-0.2, 0) is 9.59 Å². The summed E-state index contributed by atoms with van der Waals surface area (Å²) in [6.07, 6.45) is 2.24. The topological polar surface area (TPSA) is 60.9 Å². The van der Waals surface area contributed by atoms with Crippen LogP contribution < -0.4 is 0 Å². The molecule has 0 aromatic rings. The molecular formula is C15H28N2O3. The Hall–Kier alpha value is -1.10. The number of carboxylic acid groups (broad SMARTS) is 1. The maximum absolute atomic E-state index is 12.7. The highest BCUT2D eigenvalue weighted by Crippen LogP contribution is 2.27. The minimum atomic E-state index is -0.862. The van der Waals surface area contributed by atoms with Crippen LogP contribution >= 0.6 is 0 Å². The number of amides is 1. The molecule has 0 aromatic carbocycles. The van der Waals surface area contributed by atoms with Crippen LogP contribution in [0.25, 0.3) is 0 Å². The molecule has 4 unspecified atom stereocenters. The van der Waals surface area contributed by atoms with Gasteiger partial charge in [0.15, 0.2) is 0 Å². The zero-order valence-electron chi connectivity index (χ0n) is 13.3. The third-order valence-electron chi connectivity index (χ3n) is 4.45. The fraction of sp³-hybridized carbons (Fsp3) is 0.867. The average molecular weight is 284 g/mol. The molecule has 0 radical (unpaired) electrons. The molecule has 0 aliphatic carbocycles. The lowest BCUT2D eigenvalue weighted by atomic mass is 10.1. The number of hydrogen-bond donors (Lipinski definition) is 1. The van der Waals surface area contributed by atoms with Gasteiger partial charge in [0.25, 0.3) is 0 Å². The fourth-order valence-electron chi connectivity index (χ4n) is 3.39. The summed E-state index contributed by atoms with van der Waals surface area (Å²) >= 11 is 0. The predicted molar refractivity (Wildman–Crippen MR) is 78.6 cm³/mol. The molecule has 0 saturated carbocycles. The quantitative estimate of drug-likeness (QED) is 0.810. The summed E-state index contributed by atoms with van der Waals surface area (Å²) in [5.74, 6) is -0.818. The van der Waals surface area contributed by atoms with Gasteiger partial charge in [0, 0.05) is 24.7 Å². The van der Waals surface area contributed by atoms with E-state index in [-0.39, 0.29) is 24.4 Å². The summed E-state index contributed by atoms with van der Waals surface area (Å²) < 4.78 is 0. The van der Waals surface area contributed by atoms with E-state index in [0.717, 1.165) is 12.8 Å². The van der Waals surface area contributed by atoms with Gasteiger partial charge in [0.1, 0.15) is 0 Å². The summed E-state index contributed by atoms with van der Waals surface area (Å²) in [6, 6.07) is 0.384. The lowest BCUT2D eigenvalue weighted by Gasteiger charge is -2.37. The van der Waals surface area contributed by atoms with Gasteiger partial charge in [-0.05, 0) is 47.5 Å². The Balaban J connectivity index is 2.77. The molecular weight excluding hydrogens is 256 g/mol. The Bertz CT molecular complexity index is 349. The summed E-state index contributed by atoms with van der Waals surface area (Å²) in [6.45, 7) is 10.5. The number of likely N-dealkylation sites (tertiary alicyclic amines) is 1. The van der Waals surface area contributed by atoms with E-state index in [1.807, 2.05) is 13.8 Å². The minimum Gasteiger partial charge on any atom is -0.481 e. The number of aliphatic carboxylic acids is 1. The number of likely N-dealkylation sites (N-methyl/N-ethyl adjacent to an activating group) is 1. The van der Waals surface area contributed by atoms with Crippen LogP contribution in [0.4, 0.5) is 0 Å². The van der Waals surface area contributed by atoms with Crippen molar-refractivity contribution in [2.24, 2.45) is 0 Å². The van der Waals surface area contributed by atoms with E-state index in [9.17, 15) is 9.59 Å². The minimum absolute atomic E-state index is 0.00257. The Labute approximate surface area is 121 Å². The van der Waals surface area contributed by atoms with Crippen molar-refractivity contribution in [2.45, 2.75) is 78.0 Å². The summed E-state index contributed by atoms with van der Waals surface area (Å²) in [4.78, 5) is 27.5. The van der Waals surface area contributed by atoms with Gasteiger partial charge in [0.05, 0.1) is 12.5 Å². The molecule has 1 heterocycles. The summed E-state index contributed by atoms with van der Waals surface area (Å²) in [5.41, 5.74) is 0. The van der Waals surface area contributed by atoms with Crippen LogP contribution in [0.5, 0.6) is 0 Å². The van der Waals surface area contributed by atoms with E-state index in [1.165, 1.54) is 0 Å². The zero-order chi connectivity index (χ0) is 15.4. The zero-order valence-corrected chi connectivity index (χ0v) is 13.3. The number of carbonyl (C=O) groups is 2. The Morgan fingerprint density at radius 3 is 2.15 bits per heavy atom. The van der Waals surface area contributed by atoms with Crippen molar-refractivity contribution in [3.63, 3.8) is 0 Å². The van der Waals surface area contributed by atoms with Crippen molar-refractivity contribution in [3.05, 3.63) is 0 Å². The molecule has 1 N–H and O–H groups in total. The Morgan fingerprint density at radius 1 is 1.25 bits per heavy atom. The van der Waals surface area contributed by atoms with E-state index in [2.05, 4.69) is 18.7 Å². The molecule has 5 nitrogen and oxygen atoms in total. The van der Waals surface area contributed by atoms with Crippen molar-refractivity contribution in [2.75, 3.05) is 6.54 Å². The van der Waals surface area contributed by atoms with Crippen LogP contribution in [0.1, 0.15) is 53.9 Å². The molecule has 116 valence electrons. The molecule has 0 bridgehead atoms. The van der Waals surface area contributed by atoms with Crippen LogP contribution in [-0.4, -0.2) is 57.5 Å². The van der Waals surface area contributed by atoms with Gasteiger partial charge in [-0.2, -0.15) is 0 Å². The number of rotatable bonds is 6. The first kappa shape index (κ1) is 17.0. The van der Waals surface area contributed by atoms with Crippen LogP contribution in [0.2, 0.25) is 0 Å². The van der Waals surface area contributed by atoms with Crippen LogP contribution in [0.3, 0.4) is 0 Å². The predicted octanol–water partition coefficient (Wildman–Crippen LogP) is 1.96. The van der Waals surface area contributed by atoms with Crippen LogP contribution in [0.15, 0.2) is 0 Å². The molecule has 20 heavy (non-hydrogen) atoms. The van der Waals surface area contributed by atoms with E-state index in [1.54, 1.807) is 11.8 Å². The van der Waals surface area contributed by atoms with Crippen molar-refractivity contribution in [1.29, 1.82) is 0 Å². The fourth-order valence-corrected chi connectivity index (χ4v) is 3.39. The maximum atomic E-state index is 12.7. The van der Waals surface area contributed by atoms with Gasteiger partial charge in [-0.15, -0.1) is 0 Å². The molecule has 1 saturated heterocycles. The standard InChI is InChI=1S/C15H28N2O3/c1-6-16(12(4)9-14(18)19)15(20)13(5)17-10(2)7-8-11(17)3/h10-13H,6-9H2,1-5H3,(H,18,19). The van der Waals surface area contributed by atoms with Gasteiger partial charge in [-0.3, -0.25) is 14.5 Å². The molecule has 4 atom stereocenters. The smallest absolute Gasteiger partial charge is 0.305 e. The van der Waals surface area contributed by atoms with Gasteiger partial charge >= 0.3 is 5.97 Å². The van der Waals surface area contributed by atoms with Crippen molar-refractivity contribution < 1.29 is 14.7 Å². The molecule has 1 aliphatic heterocycles. The van der Waals surface area contributed by atoms with Gasteiger partial charge in [-0.1, -0.05) is 0 Å². The summed E-state index contributed by atoms with van der Waals surface area (Å²) in [5, 5.41) is 8.90. The molecule has 0 spiro atoms. The highest BCUT2D eigenvalue weighted by atomic mass is 16.4. The normalized spacial score (nSPS) is 26.2. The van der Waals surface area contributed by atoms with Crippen molar-refractivity contribution in [1.82, 2.24) is 9.80 Å². The second-order valence-corrected chi connectivity index (χ2v) is 5.97. The van der Waals surface area contributed by atoms with Crippen molar-refractivity contribution >= 4 is 11.9 Å². The average Bonchev–Trinajstić information content (AvgIpc) is 2.68. The largest absolute Gasteiger partial charge is 0.481 e. The highest BCUT2D eigenvalue weighted by Gasteiger charge is 2.36. The molecule has 1 aliphatic rings. The van der Waals surface area contributed by atoms with E-state index in [4.69, 9.17) is 5.11 Å². The van der Waals surface area contributed by atoms with Gasteiger partial charge < -0.3 is 10.0 Å². The Kier molecular flexibility index (Phi) is 5.99. The molecule has 1 rings (SSSR count).